The lowest BCUT2D eigenvalue weighted by Gasteiger charge is -2.14. The fourth-order valence-electron chi connectivity index (χ4n) is 3.90. The highest BCUT2D eigenvalue weighted by atomic mass is 35.5. The molecule has 9 nitrogen and oxygen atoms in total. The van der Waals surface area contributed by atoms with Crippen molar-refractivity contribution in [3.63, 3.8) is 0 Å². The van der Waals surface area contributed by atoms with Crippen LogP contribution in [0, 0.1) is 0 Å². The molecular weight excluding hydrogens is 480 g/mol. The van der Waals surface area contributed by atoms with E-state index >= 15 is 0 Å². The van der Waals surface area contributed by atoms with Crippen LogP contribution in [-0.4, -0.2) is 36.0 Å². The molecule has 0 bridgehead atoms. The van der Waals surface area contributed by atoms with Crippen LogP contribution in [-0.2, 0) is 16.6 Å². The van der Waals surface area contributed by atoms with E-state index in [1.807, 2.05) is 4.72 Å². The van der Waals surface area contributed by atoms with Crippen LogP contribution in [0.5, 0.6) is 0 Å². The van der Waals surface area contributed by atoms with Crippen LogP contribution in [0.4, 0.5) is 0 Å². The second kappa shape index (κ2) is 8.81. The van der Waals surface area contributed by atoms with Gasteiger partial charge in [0.2, 0.25) is 15.9 Å². The summed E-state index contributed by atoms with van der Waals surface area (Å²) in [6.07, 6.45) is 2.30. The number of nitrogens with two attached hydrogens (primary N) is 1. The molecule has 2 amide bonds. The number of nitrogens with zero attached hydrogens (tertiary/aromatic N) is 1. The van der Waals surface area contributed by atoms with Crippen LogP contribution in [0.1, 0.15) is 26.4 Å². The van der Waals surface area contributed by atoms with Crippen molar-refractivity contribution in [1.82, 2.24) is 14.3 Å². The third kappa shape index (κ3) is 4.45. The molecule has 0 fully saturated rings. The molecule has 0 radical (unpaired) electrons. The molecule has 0 atom stereocenters. The molecule has 4 rings (SSSR count). The van der Waals surface area contributed by atoms with Gasteiger partial charge < -0.3 is 15.3 Å². The Morgan fingerprint density at radius 2 is 1.85 bits per heavy atom. The number of nitrogens with one attached hydrogen (secondary N) is 2. The van der Waals surface area contributed by atoms with Gasteiger partial charge in [0.25, 0.3) is 11.5 Å². The van der Waals surface area contributed by atoms with Gasteiger partial charge in [-0.15, -0.1) is 0 Å². The number of carbonyl (C=O) groups is 2. The lowest BCUT2D eigenvalue weighted by molar-refractivity contribution is 0.0972. The minimum atomic E-state index is -3.94. The van der Waals surface area contributed by atoms with E-state index in [1.54, 1.807) is 48.5 Å². The molecular formula is C23H19ClN4O5S. The number of aromatic nitrogens is 2. The zero-order valence-corrected chi connectivity index (χ0v) is 19.4. The van der Waals surface area contributed by atoms with Crippen molar-refractivity contribution in [1.29, 1.82) is 0 Å². The molecule has 174 valence electrons. The van der Waals surface area contributed by atoms with Crippen LogP contribution in [0.25, 0.3) is 22.0 Å². The number of amides is 2. The first-order valence-corrected chi connectivity index (χ1v) is 12.2. The van der Waals surface area contributed by atoms with Crippen LogP contribution < -0.4 is 16.0 Å². The Morgan fingerprint density at radius 3 is 2.53 bits per heavy atom. The highest BCUT2D eigenvalue weighted by molar-refractivity contribution is 7.89. The number of aromatic amines is 1. The van der Waals surface area contributed by atoms with Crippen LogP contribution >= 0.6 is 11.6 Å². The average molecular weight is 499 g/mol. The van der Waals surface area contributed by atoms with Crippen LogP contribution in [0.15, 0.2) is 65.6 Å². The molecule has 0 aliphatic carbocycles. The molecule has 0 saturated carbocycles. The highest BCUT2D eigenvalue weighted by Crippen LogP contribution is 2.36. The summed E-state index contributed by atoms with van der Waals surface area (Å²) in [5, 5.41) is 0.810. The number of primary amides is 1. The molecule has 4 N–H and O–H groups in total. The maximum atomic E-state index is 13.3. The predicted molar refractivity (Wildman–Crippen MR) is 129 cm³/mol. The van der Waals surface area contributed by atoms with Crippen molar-refractivity contribution in [3.8, 4) is 11.1 Å². The van der Waals surface area contributed by atoms with Crippen molar-refractivity contribution in [2.24, 2.45) is 5.73 Å². The summed E-state index contributed by atoms with van der Waals surface area (Å²) in [4.78, 5) is 40.6. The van der Waals surface area contributed by atoms with Gasteiger partial charge in [-0.05, 0) is 42.0 Å². The second-order valence-electron chi connectivity index (χ2n) is 7.61. The molecule has 4 aromatic rings. The maximum Gasteiger partial charge on any atom is 0.282 e. The Morgan fingerprint density at radius 1 is 1.12 bits per heavy atom. The Kier molecular flexibility index (Phi) is 6.03. The topological polar surface area (TPSA) is 144 Å². The monoisotopic (exact) mass is 498 g/mol. The lowest BCUT2D eigenvalue weighted by atomic mass is 10.0. The number of H-pyrrole nitrogens is 1. The Hall–Kier alpha value is -3.89. The number of benzene rings is 2. The van der Waals surface area contributed by atoms with Gasteiger partial charge in [-0.3, -0.25) is 14.4 Å². The molecule has 2 heterocycles. The van der Waals surface area contributed by atoms with E-state index in [4.69, 9.17) is 17.3 Å². The Labute approximate surface area is 199 Å². The van der Waals surface area contributed by atoms with Gasteiger partial charge in [-0.1, -0.05) is 29.8 Å². The summed E-state index contributed by atoms with van der Waals surface area (Å²) in [5.74, 6) is -1.60. The summed E-state index contributed by atoms with van der Waals surface area (Å²) < 4.78 is 27.4. The largest absolute Gasteiger partial charge is 0.366 e. The number of sulfonamides is 1. The molecule has 34 heavy (non-hydrogen) atoms. The Bertz CT molecular complexity index is 1620. The highest BCUT2D eigenvalue weighted by Gasteiger charge is 2.27. The molecule has 2 aromatic heterocycles. The van der Waals surface area contributed by atoms with E-state index in [1.165, 1.54) is 16.8 Å². The molecule has 0 aliphatic heterocycles. The zero-order chi connectivity index (χ0) is 24.6. The van der Waals surface area contributed by atoms with Gasteiger partial charge >= 0.3 is 0 Å². The fraction of sp³-hybridized carbons (Fsp3) is 0.0870. The SMILES string of the molecule is CS(=O)(=O)NC(=O)c1c(-c2ccc[nH]c2=O)c2cc(Cl)ccc2n1Cc1ccccc1C(N)=O. The van der Waals surface area contributed by atoms with Crippen molar-refractivity contribution in [2.45, 2.75) is 6.54 Å². The van der Waals surface area contributed by atoms with Gasteiger partial charge in [-0.25, -0.2) is 13.1 Å². The van der Waals surface area contributed by atoms with Gasteiger partial charge in [0.15, 0.2) is 0 Å². The third-order valence-corrected chi connectivity index (χ3v) is 6.01. The smallest absolute Gasteiger partial charge is 0.282 e. The minimum Gasteiger partial charge on any atom is -0.366 e. The lowest BCUT2D eigenvalue weighted by Crippen LogP contribution is -2.32. The normalized spacial score (nSPS) is 11.5. The first-order chi connectivity index (χ1) is 16.1. The molecule has 11 heteroatoms. The van der Waals surface area contributed by atoms with Crippen LogP contribution in [0.3, 0.4) is 0 Å². The van der Waals surface area contributed by atoms with E-state index in [9.17, 15) is 22.8 Å². The number of carbonyl (C=O) groups excluding carboxylic acids is 2. The van der Waals surface area contributed by atoms with Gasteiger partial charge in [0.1, 0.15) is 5.69 Å². The number of hydrogen-bond acceptors (Lipinski definition) is 5. The van der Waals surface area contributed by atoms with E-state index < -0.39 is 27.4 Å². The van der Waals surface area contributed by atoms with E-state index in [2.05, 4.69) is 4.98 Å². The van der Waals surface area contributed by atoms with E-state index in [0.29, 0.717) is 21.5 Å². The molecule has 0 spiro atoms. The summed E-state index contributed by atoms with van der Waals surface area (Å²) in [6, 6.07) is 14.6. The van der Waals surface area contributed by atoms with E-state index in [0.717, 1.165) is 6.26 Å². The Balaban J connectivity index is 2.10. The first-order valence-electron chi connectivity index (χ1n) is 9.96. The number of halogens is 1. The van der Waals surface area contributed by atoms with Gasteiger partial charge in [0.05, 0.1) is 6.26 Å². The molecule has 0 aliphatic rings. The third-order valence-electron chi connectivity index (χ3n) is 5.22. The number of rotatable bonds is 6. The summed E-state index contributed by atoms with van der Waals surface area (Å²) in [6.45, 7) is -0.00546. The zero-order valence-electron chi connectivity index (χ0n) is 17.8. The minimum absolute atomic E-state index is 0.00546. The quantitative estimate of drug-likeness (QED) is 0.374. The van der Waals surface area contributed by atoms with Gasteiger partial charge in [0, 0.05) is 45.4 Å². The average Bonchev–Trinajstić information content (AvgIpc) is 3.06. The second-order valence-corrected chi connectivity index (χ2v) is 9.79. The van der Waals surface area contributed by atoms with Crippen molar-refractivity contribution >= 4 is 44.3 Å². The van der Waals surface area contributed by atoms with Crippen LogP contribution in [0.2, 0.25) is 5.02 Å². The van der Waals surface area contributed by atoms with Crippen molar-refractivity contribution in [3.05, 3.63) is 93.0 Å². The van der Waals surface area contributed by atoms with E-state index in [-0.39, 0.29) is 28.9 Å². The maximum absolute atomic E-state index is 13.3. The fourth-order valence-corrected chi connectivity index (χ4v) is 4.51. The summed E-state index contributed by atoms with van der Waals surface area (Å²) >= 11 is 6.24. The number of hydrogen-bond donors (Lipinski definition) is 3. The number of pyridine rings is 1. The van der Waals surface area contributed by atoms with Gasteiger partial charge in [-0.2, -0.15) is 0 Å². The molecule has 0 unspecified atom stereocenters. The van der Waals surface area contributed by atoms with Crippen molar-refractivity contribution in [2.75, 3.05) is 6.26 Å². The van der Waals surface area contributed by atoms with Crippen molar-refractivity contribution < 1.29 is 18.0 Å². The predicted octanol–water partition coefficient (Wildman–Crippen LogP) is 2.49. The first kappa shape index (κ1) is 23.3. The molecule has 0 saturated heterocycles. The summed E-state index contributed by atoms with van der Waals surface area (Å²) in [5.41, 5.74) is 6.57. The standard InChI is InChI=1S/C23H19ClN4O5S/c1-34(32,33)27-23(31)20-19(16-7-4-10-26-22(16)30)17-11-14(24)8-9-18(17)28(20)12-13-5-2-3-6-15(13)21(25)29/h2-11H,12H2,1H3,(H2,25,29)(H,26,30)(H,27,31). The molecule has 2 aromatic carbocycles. The number of fused-ring (bicyclic) bond motifs is 1. The summed E-state index contributed by atoms with van der Waals surface area (Å²) in [7, 11) is -3.94.